The van der Waals surface area contributed by atoms with Crippen LogP contribution in [0.3, 0.4) is 0 Å². The summed E-state index contributed by atoms with van der Waals surface area (Å²) in [6, 6.07) is 16.0. The number of aryl methyl sites for hydroxylation is 1. The third-order valence-electron chi connectivity index (χ3n) is 3.39. The smallest absolute Gasteiger partial charge is 0.120 e. The Hall–Kier alpha value is -2.29. The fraction of sp³-hybridized carbons (Fsp3) is 0.188. The Morgan fingerprint density at radius 2 is 1.89 bits per heavy atom. The molecular formula is C16H15NO2. The quantitative estimate of drug-likeness (QED) is 0.673. The van der Waals surface area contributed by atoms with Gasteiger partial charge in [0.1, 0.15) is 12.4 Å². The number of benzene rings is 2. The second kappa shape index (κ2) is 5.14. The molecule has 0 saturated carbocycles. The van der Waals surface area contributed by atoms with Crippen molar-refractivity contribution in [3.05, 3.63) is 65.2 Å². The Labute approximate surface area is 112 Å². The van der Waals surface area contributed by atoms with E-state index in [-0.39, 0.29) is 0 Å². The Bertz CT molecular complexity index is 605. The summed E-state index contributed by atoms with van der Waals surface area (Å²) < 4.78 is 5.78. The highest BCUT2D eigenvalue weighted by atomic mass is 16.5. The summed E-state index contributed by atoms with van der Waals surface area (Å²) in [5.74, 6) is 0.863. The van der Waals surface area contributed by atoms with Crippen molar-refractivity contribution in [3.63, 3.8) is 0 Å². The van der Waals surface area contributed by atoms with Crippen molar-refractivity contribution in [1.29, 1.82) is 0 Å². The molecule has 2 aromatic rings. The van der Waals surface area contributed by atoms with Gasteiger partial charge in [-0.3, -0.25) is 0 Å². The third-order valence-corrected chi connectivity index (χ3v) is 3.39. The first-order valence-electron chi connectivity index (χ1n) is 6.38. The Kier molecular flexibility index (Phi) is 3.19. The zero-order valence-electron chi connectivity index (χ0n) is 10.5. The van der Waals surface area contributed by atoms with Crippen LogP contribution >= 0.6 is 0 Å². The van der Waals surface area contributed by atoms with Crippen molar-refractivity contribution in [2.24, 2.45) is 5.16 Å². The number of ether oxygens (including phenoxy) is 1. The second-order valence-corrected chi connectivity index (χ2v) is 4.64. The molecule has 1 aliphatic carbocycles. The number of fused-ring (bicyclic) bond motifs is 1. The second-order valence-electron chi connectivity index (χ2n) is 4.64. The Morgan fingerprint density at radius 3 is 2.68 bits per heavy atom. The number of hydrogen-bond donors (Lipinski definition) is 1. The highest BCUT2D eigenvalue weighted by Gasteiger charge is 2.18. The van der Waals surface area contributed by atoms with E-state index >= 15 is 0 Å². The van der Waals surface area contributed by atoms with Crippen LogP contribution < -0.4 is 4.74 Å². The molecule has 0 heterocycles. The predicted octanol–water partition coefficient (Wildman–Crippen LogP) is 3.39. The van der Waals surface area contributed by atoms with Crippen molar-refractivity contribution < 1.29 is 9.94 Å². The summed E-state index contributed by atoms with van der Waals surface area (Å²) in [5.41, 5.74) is 4.15. The summed E-state index contributed by atoms with van der Waals surface area (Å²) in [6.07, 6.45) is 1.71. The molecule has 96 valence electrons. The first-order valence-corrected chi connectivity index (χ1v) is 6.38. The van der Waals surface area contributed by atoms with E-state index in [2.05, 4.69) is 5.16 Å². The van der Waals surface area contributed by atoms with E-state index in [1.807, 2.05) is 48.5 Å². The molecule has 3 heteroatoms. The van der Waals surface area contributed by atoms with Gasteiger partial charge in [0.25, 0.3) is 0 Å². The maximum Gasteiger partial charge on any atom is 0.120 e. The van der Waals surface area contributed by atoms with Crippen molar-refractivity contribution in [2.75, 3.05) is 0 Å². The van der Waals surface area contributed by atoms with Gasteiger partial charge in [-0.1, -0.05) is 35.5 Å². The molecule has 0 radical (unpaired) electrons. The van der Waals surface area contributed by atoms with Crippen LogP contribution in [0.4, 0.5) is 0 Å². The zero-order chi connectivity index (χ0) is 13.1. The van der Waals surface area contributed by atoms with E-state index < -0.39 is 0 Å². The van der Waals surface area contributed by atoms with Crippen LogP contribution in [0.1, 0.15) is 23.1 Å². The molecule has 19 heavy (non-hydrogen) atoms. The molecule has 0 aliphatic heterocycles. The highest BCUT2D eigenvalue weighted by molar-refractivity contribution is 6.04. The molecule has 0 saturated heterocycles. The van der Waals surface area contributed by atoms with Crippen LogP contribution in [0.2, 0.25) is 0 Å². The van der Waals surface area contributed by atoms with Crippen molar-refractivity contribution >= 4 is 5.71 Å². The molecule has 0 fully saturated rings. The largest absolute Gasteiger partial charge is 0.489 e. The van der Waals surface area contributed by atoms with Crippen LogP contribution in [0.15, 0.2) is 53.7 Å². The third kappa shape index (κ3) is 2.45. The topological polar surface area (TPSA) is 41.8 Å². The van der Waals surface area contributed by atoms with E-state index in [9.17, 15) is 0 Å². The fourth-order valence-electron chi connectivity index (χ4n) is 2.38. The van der Waals surface area contributed by atoms with Gasteiger partial charge in [-0.2, -0.15) is 0 Å². The van der Waals surface area contributed by atoms with E-state index in [4.69, 9.17) is 9.94 Å². The standard InChI is InChI=1S/C16H15NO2/c18-17-16-9-6-13-10-14(7-8-15(13)16)19-11-12-4-2-1-3-5-12/h1-5,7-8,10,18H,6,9,11H2. The molecule has 0 atom stereocenters. The lowest BCUT2D eigenvalue weighted by atomic mass is 10.1. The average molecular weight is 253 g/mol. The zero-order valence-corrected chi connectivity index (χ0v) is 10.5. The number of hydrogen-bond acceptors (Lipinski definition) is 3. The summed E-state index contributed by atoms with van der Waals surface area (Å²) >= 11 is 0. The fourth-order valence-corrected chi connectivity index (χ4v) is 2.38. The summed E-state index contributed by atoms with van der Waals surface area (Å²) in [7, 11) is 0. The van der Waals surface area contributed by atoms with Crippen molar-refractivity contribution in [1.82, 2.24) is 0 Å². The molecule has 3 rings (SSSR count). The van der Waals surface area contributed by atoms with E-state index in [1.54, 1.807) is 0 Å². The molecule has 2 aromatic carbocycles. The monoisotopic (exact) mass is 253 g/mol. The van der Waals surface area contributed by atoms with E-state index in [0.29, 0.717) is 6.61 Å². The molecule has 0 unspecified atom stereocenters. The Morgan fingerprint density at radius 1 is 1.05 bits per heavy atom. The van der Waals surface area contributed by atoms with Gasteiger partial charge < -0.3 is 9.94 Å². The first kappa shape index (κ1) is 11.8. The summed E-state index contributed by atoms with van der Waals surface area (Å²) in [4.78, 5) is 0. The van der Waals surface area contributed by atoms with Crippen LogP contribution in [-0.4, -0.2) is 10.9 Å². The van der Waals surface area contributed by atoms with E-state index in [1.165, 1.54) is 5.56 Å². The lowest BCUT2D eigenvalue weighted by molar-refractivity contribution is 0.306. The highest BCUT2D eigenvalue weighted by Crippen LogP contribution is 2.27. The van der Waals surface area contributed by atoms with Gasteiger partial charge in [-0.25, -0.2) is 0 Å². The van der Waals surface area contributed by atoms with E-state index in [0.717, 1.165) is 35.4 Å². The predicted molar refractivity (Wildman–Crippen MR) is 73.9 cm³/mol. The number of nitrogens with zero attached hydrogens (tertiary/aromatic N) is 1. The maximum absolute atomic E-state index is 8.89. The Balaban J connectivity index is 1.74. The minimum Gasteiger partial charge on any atom is -0.489 e. The number of rotatable bonds is 3. The number of oxime groups is 1. The van der Waals surface area contributed by atoms with Crippen molar-refractivity contribution in [2.45, 2.75) is 19.4 Å². The average Bonchev–Trinajstić information content (AvgIpc) is 2.88. The van der Waals surface area contributed by atoms with Gasteiger partial charge in [-0.15, -0.1) is 0 Å². The molecule has 0 aromatic heterocycles. The first-order chi connectivity index (χ1) is 9.36. The lowest BCUT2D eigenvalue weighted by Crippen LogP contribution is -1.97. The molecular weight excluding hydrogens is 238 g/mol. The maximum atomic E-state index is 8.89. The van der Waals surface area contributed by atoms with Crippen LogP contribution in [0.5, 0.6) is 5.75 Å². The summed E-state index contributed by atoms with van der Waals surface area (Å²) in [5, 5.41) is 12.2. The van der Waals surface area contributed by atoms with Crippen LogP contribution in [0, 0.1) is 0 Å². The molecule has 1 N–H and O–H groups in total. The normalized spacial score (nSPS) is 15.5. The van der Waals surface area contributed by atoms with Gasteiger partial charge in [-0.05, 0) is 42.2 Å². The van der Waals surface area contributed by atoms with Crippen molar-refractivity contribution in [3.8, 4) is 5.75 Å². The van der Waals surface area contributed by atoms with Gasteiger partial charge >= 0.3 is 0 Å². The van der Waals surface area contributed by atoms with Crippen LogP contribution in [0.25, 0.3) is 0 Å². The molecule has 0 amide bonds. The molecule has 3 nitrogen and oxygen atoms in total. The lowest BCUT2D eigenvalue weighted by Gasteiger charge is -2.08. The SMILES string of the molecule is ON=C1CCc2cc(OCc3ccccc3)ccc21. The minimum absolute atomic E-state index is 0.570. The van der Waals surface area contributed by atoms with Gasteiger partial charge in [0.2, 0.25) is 0 Å². The van der Waals surface area contributed by atoms with Gasteiger partial charge in [0.15, 0.2) is 0 Å². The molecule has 0 bridgehead atoms. The molecule has 1 aliphatic rings. The molecule has 0 spiro atoms. The van der Waals surface area contributed by atoms with Crippen LogP contribution in [-0.2, 0) is 13.0 Å². The van der Waals surface area contributed by atoms with Gasteiger partial charge in [0.05, 0.1) is 5.71 Å². The van der Waals surface area contributed by atoms with Gasteiger partial charge in [0, 0.05) is 5.56 Å². The summed E-state index contributed by atoms with van der Waals surface area (Å²) in [6.45, 7) is 0.570. The minimum atomic E-state index is 0.570.